The van der Waals surface area contributed by atoms with Gasteiger partial charge in [0.1, 0.15) is 0 Å². The molecule has 0 spiro atoms. The fourth-order valence-corrected chi connectivity index (χ4v) is 4.77. The summed E-state index contributed by atoms with van der Waals surface area (Å²) in [5.74, 6) is 0. The number of rotatable bonds is 7. The number of nitrogens with zero attached hydrogens (tertiary/aromatic N) is 2. The third kappa shape index (κ3) is 4.41. The lowest BCUT2D eigenvalue weighted by Crippen LogP contribution is -2.52. The van der Waals surface area contributed by atoms with Crippen LogP contribution in [0.1, 0.15) is 53.4 Å². The standard InChI is InChI=1S/C14H31N3O2S/c1-5-9-16(12-14(3,4)11-15)20(18,19)17-10-7-6-8-13(17)2/h13H,5-12,15H2,1-4H3. The highest BCUT2D eigenvalue weighted by molar-refractivity contribution is 7.86. The van der Waals surface area contributed by atoms with E-state index in [-0.39, 0.29) is 11.5 Å². The molecular formula is C14H31N3O2S. The molecule has 0 bridgehead atoms. The lowest BCUT2D eigenvalue weighted by Gasteiger charge is -2.38. The molecule has 1 aliphatic heterocycles. The largest absolute Gasteiger partial charge is 0.330 e. The molecule has 0 saturated carbocycles. The Balaban J connectivity index is 2.93. The average Bonchev–Trinajstić information content (AvgIpc) is 2.38. The molecule has 1 fully saturated rings. The average molecular weight is 305 g/mol. The van der Waals surface area contributed by atoms with Gasteiger partial charge in [0.2, 0.25) is 0 Å². The van der Waals surface area contributed by atoms with Crippen LogP contribution in [0.25, 0.3) is 0 Å². The maximum Gasteiger partial charge on any atom is 0.282 e. The first-order valence-corrected chi connectivity index (χ1v) is 9.11. The van der Waals surface area contributed by atoms with Gasteiger partial charge in [0.05, 0.1) is 0 Å². The molecule has 120 valence electrons. The summed E-state index contributed by atoms with van der Waals surface area (Å²) in [6.45, 7) is 10.2. The first-order chi connectivity index (χ1) is 9.24. The van der Waals surface area contributed by atoms with Gasteiger partial charge in [-0.2, -0.15) is 17.0 Å². The van der Waals surface area contributed by atoms with Crippen molar-refractivity contribution in [3.8, 4) is 0 Å². The van der Waals surface area contributed by atoms with Crippen molar-refractivity contribution in [3.05, 3.63) is 0 Å². The van der Waals surface area contributed by atoms with Crippen LogP contribution in [-0.2, 0) is 10.2 Å². The Labute approximate surface area is 124 Å². The van der Waals surface area contributed by atoms with Crippen molar-refractivity contribution in [2.45, 2.75) is 59.4 Å². The maximum atomic E-state index is 12.9. The molecule has 2 N–H and O–H groups in total. The van der Waals surface area contributed by atoms with Gasteiger partial charge in [-0.1, -0.05) is 27.2 Å². The van der Waals surface area contributed by atoms with Crippen LogP contribution in [0.15, 0.2) is 0 Å². The summed E-state index contributed by atoms with van der Waals surface area (Å²) in [5, 5.41) is 0. The van der Waals surface area contributed by atoms with Crippen molar-refractivity contribution in [1.82, 2.24) is 8.61 Å². The quantitative estimate of drug-likeness (QED) is 0.780. The molecule has 5 nitrogen and oxygen atoms in total. The van der Waals surface area contributed by atoms with Crippen molar-refractivity contribution >= 4 is 10.2 Å². The summed E-state index contributed by atoms with van der Waals surface area (Å²) < 4.78 is 29.1. The van der Waals surface area contributed by atoms with E-state index in [9.17, 15) is 8.42 Å². The second-order valence-electron chi connectivity index (χ2n) is 6.67. The molecule has 1 rings (SSSR count). The summed E-state index contributed by atoms with van der Waals surface area (Å²) >= 11 is 0. The topological polar surface area (TPSA) is 66.6 Å². The summed E-state index contributed by atoms with van der Waals surface area (Å²) in [6.07, 6.45) is 3.86. The van der Waals surface area contributed by atoms with Crippen LogP contribution in [-0.4, -0.2) is 49.2 Å². The van der Waals surface area contributed by atoms with Crippen molar-refractivity contribution in [1.29, 1.82) is 0 Å². The summed E-state index contributed by atoms with van der Waals surface area (Å²) in [4.78, 5) is 0. The Hall–Kier alpha value is -0.170. The molecular weight excluding hydrogens is 274 g/mol. The van der Waals surface area contributed by atoms with Gasteiger partial charge in [0.15, 0.2) is 0 Å². The molecule has 20 heavy (non-hydrogen) atoms. The van der Waals surface area contributed by atoms with Crippen molar-refractivity contribution < 1.29 is 8.42 Å². The van der Waals surface area contributed by atoms with E-state index >= 15 is 0 Å². The van der Waals surface area contributed by atoms with Gasteiger partial charge in [-0.25, -0.2) is 0 Å². The molecule has 0 amide bonds. The molecule has 1 atom stereocenters. The van der Waals surface area contributed by atoms with Gasteiger partial charge in [0.25, 0.3) is 10.2 Å². The van der Waals surface area contributed by atoms with Gasteiger partial charge in [-0.3, -0.25) is 0 Å². The number of hydrogen-bond acceptors (Lipinski definition) is 3. The van der Waals surface area contributed by atoms with E-state index in [0.29, 0.717) is 26.2 Å². The van der Waals surface area contributed by atoms with E-state index in [4.69, 9.17) is 5.73 Å². The van der Waals surface area contributed by atoms with Crippen LogP contribution in [0.4, 0.5) is 0 Å². The minimum Gasteiger partial charge on any atom is -0.330 e. The minimum atomic E-state index is -3.37. The van der Waals surface area contributed by atoms with E-state index in [1.165, 1.54) is 0 Å². The molecule has 0 aromatic carbocycles. The van der Waals surface area contributed by atoms with Gasteiger partial charge in [-0.05, 0) is 38.1 Å². The van der Waals surface area contributed by atoms with Crippen LogP contribution in [0, 0.1) is 5.41 Å². The second kappa shape index (κ2) is 7.20. The Kier molecular flexibility index (Phi) is 6.44. The monoisotopic (exact) mass is 305 g/mol. The Bertz CT molecular complexity index is 395. The predicted molar refractivity (Wildman–Crippen MR) is 83.6 cm³/mol. The number of nitrogens with two attached hydrogens (primary N) is 1. The molecule has 0 radical (unpaired) electrons. The molecule has 1 aliphatic rings. The molecule has 0 aromatic rings. The van der Waals surface area contributed by atoms with Crippen molar-refractivity contribution in [2.24, 2.45) is 11.1 Å². The molecule has 0 aromatic heterocycles. The van der Waals surface area contributed by atoms with Crippen LogP contribution >= 0.6 is 0 Å². The fourth-order valence-electron chi connectivity index (χ4n) is 2.63. The highest BCUT2D eigenvalue weighted by atomic mass is 32.2. The first-order valence-electron chi connectivity index (χ1n) is 7.71. The first kappa shape index (κ1) is 17.9. The smallest absolute Gasteiger partial charge is 0.282 e. The Morgan fingerprint density at radius 3 is 2.50 bits per heavy atom. The van der Waals surface area contributed by atoms with E-state index in [1.54, 1.807) is 8.61 Å². The Morgan fingerprint density at radius 2 is 2.00 bits per heavy atom. The zero-order chi connectivity index (χ0) is 15.4. The van der Waals surface area contributed by atoms with Crippen LogP contribution < -0.4 is 5.73 Å². The SMILES string of the molecule is CCCN(CC(C)(C)CN)S(=O)(=O)N1CCCCC1C. The zero-order valence-corrected chi connectivity index (χ0v) is 14.2. The van der Waals surface area contributed by atoms with Gasteiger partial charge in [0, 0.05) is 25.7 Å². The molecule has 0 aliphatic carbocycles. The highest BCUT2D eigenvalue weighted by Gasteiger charge is 2.36. The predicted octanol–water partition coefficient (Wildman–Crippen LogP) is 1.80. The third-order valence-corrected chi connectivity index (χ3v) is 6.09. The van der Waals surface area contributed by atoms with E-state index in [0.717, 1.165) is 25.7 Å². The van der Waals surface area contributed by atoms with Gasteiger partial charge in [-0.15, -0.1) is 0 Å². The number of piperidine rings is 1. The van der Waals surface area contributed by atoms with Crippen LogP contribution in [0.5, 0.6) is 0 Å². The summed E-state index contributed by atoms with van der Waals surface area (Å²) in [5.41, 5.74) is 5.57. The molecule has 6 heteroatoms. The zero-order valence-electron chi connectivity index (χ0n) is 13.4. The molecule has 1 heterocycles. The minimum absolute atomic E-state index is 0.106. The van der Waals surface area contributed by atoms with Crippen molar-refractivity contribution in [2.75, 3.05) is 26.2 Å². The third-order valence-electron chi connectivity index (χ3n) is 3.99. The lowest BCUT2D eigenvalue weighted by atomic mass is 9.94. The molecule has 1 unspecified atom stereocenters. The molecule has 1 saturated heterocycles. The van der Waals surface area contributed by atoms with Gasteiger partial charge >= 0.3 is 0 Å². The summed E-state index contributed by atoms with van der Waals surface area (Å²) in [6, 6.07) is 0.106. The van der Waals surface area contributed by atoms with Crippen molar-refractivity contribution in [3.63, 3.8) is 0 Å². The van der Waals surface area contributed by atoms with Gasteiger partial charge < -0.3 is 5.73 Å². The number of hydrogen-bond donors (Lipinski definition) is 1. The highest BCUT2D eigenvalue weighted by Crippen LogP contribution is 2.25. The van der Waals surface area contributed by atoms with Crippen LogP contribution in [0.2, 0.25) is 0 Å². The normalized spacial score (nSPS) is 22.4. The Morgan fingerprint density at radius 1 is 1.35 bits per heavy atom. The van der Waals surface area contributed by atoms with E-state index in [1.807, 2.05) is 27.7 Å². The maximum absolute atomic E-state index is 12.9. The summed E-state index contributed by atoms with van der Waals surface area (Å²) in [7, 11) is -3.37. The lowest BCUT2D eigenvalue weighted by molar-refractivity contribution is 0.216. The van der Waals surface area contributed by atoms with E-state index in [2.05, 4.69) is 0 Å². The van der Waals surface area contributed by atoms with E-state index < -0.39 is 10.2 Å². The second-order valence-corrected chi connectivity index (χ2v) is 8.55. The van der Waals surface area contributed by atoms with Crippen LogP contribution in [0.3, 0.4) is 0 Å². The fraction of sp³-hybridized carbons (Fsp3) is 1.00.